The minimum atomic E-state index is -0.162. The van der Waals surface area contributed by atoms with E-state index in [-0.39, 0.29) is 17.9 Å². The van der Waals surface area contributed by atoms with Gasteiger partial charge in [0.25, 0.3) is 0 Å². The van der Waals surface area contributed by atoms with Gasteiger partial charge in [-0.3, -0.25) is 4.79 Å². The first-order valence-electron chi connectivity index (χ1n) is 8.97. The maximum absolute atomic E-state index is 12.4. The Kier molecular flexibility index (Phi) is 5.66. The Bertz CT molecular complexity index is 791. The highest BCUT2D eigenvalue weighted by Crippen LogP contribution is 2.34. The molecule has 1 N–H and O–H groups in total. The van der Waals surface area contributed by atoms with E-state index >= 15 is 0 Å². The van der Waals surface area contributed by atoms with E-state index in [1.54, 1.807) is 6.08 Å². The van der Waals surface area contributed by atoms with Gasteiger partial charge in [-0.15, -0.1) is 0 Å². The fourth-order valence-electron chi connectivity index (χ4n) is 2.91. The van der Waals surface area contributed by atoms with Crippen LogP contribution in [-0.2, 0) is 4.79 Å². The first-order valence-corrected chi connectivity index (χ1v) is 8.97. The Morgan fingerprint density at radius 3 is 2.58 bits per heavy atom. The predicted octanol–water partition coefficient (Wildman–Crippen LogP) is 4.28. The maximum atomic E-state index is 12.4. The van der Waals surface area contributed by atoms with Crippen LogP contribution in [0.5, 0.6) is 11.5 Å². The quantitative estimate of drug-likeness (QED) is 0.814. The summed E-state index contributed by atoms with van der Waals surface area (Å²) in [4.78, 5) is 12.4. The average molecular weight is 355 g/mol. The summed E-state index contributed by atoms with van der Waals surface area (Å²) >= 11 is 0. The summed E-state index contributed by atoms with van der Waals surface area (Å²) in [7, 11) is 0. The minimum Gasteiger partial charge on any atom is -0.490 e. The van der Waals surface area contributed by atoms with E-state index in [2.05, 4.69) is 19.2 Å². The van der Waals surface area contributed by atoms with Crippen molar-refractivity contribution in [3.63, 3.8) is 0 Å². The van der Waals surface area contributed by atoms with Crippen molar-refractivity contribution < 1.29 is 18.7 Å². The number of rotatable bonds is 5. The molecular weight excluding hydrogens is 330 g/mol. The van der Waals surface area contributed by atoms with Crippen molar-refractivity contribution in [2.75, 3.05) is 13.2 Å². The Morgan fingerprint density at radius 2 is 1.88 bits per heavy atom. The molecule has 2 heterocycles. The molecule has 0 aliphatic carbocycles. The lowest BCUT2D eigenvalue weighted by molar-refractivity contribution is -0.117. The lowest BCUT2D eigenvalue weighted by Gasteiger charge is -2.23. The molecule has 1 atom stereocenters. The molecule has 0 spiro atoms. The van der Waals surface area contributed by atoms with Crippen LogP contribution in [0.15, 0.2) is 40.8 Å². The standard InChI is InChI=1S/C21H25NO4/c1-14(2)21(22-20(23)10-8-17-7-5-15(3)26-17)16-6-9-18-19(13-16)25-12-4-11-24-18/h5-10,13-14,21H,4,11-12H2,1-3H3,(H,22,23). The summed E-state index contributed by atoms with van der Waals surface area (Å²) in [6.45, 7) is 7.33. The molecule has 26 heavy (non-hydrogen) atoms. The second kappa shape index (κ2) is 8.13. The zero-order valence-corrected chi connectivity index (χ0v) is 15.5. The van der Waals surface area contributed by atoms with E-state index in [9.17, 15) is 4.79 Å². The Balaban J connectivity index is 1.73. The number of benzene rings is 1. The molecule has 0 radical (unpaired) electrons. The Labute approximate surface area is 154 Å². The van der Waals surface area contributed by atoms with Crippen LogP contribution in [0.3, 0.4) is 0 Å². The highest BCUT2D eigenvalue weighted by atomic mass is 16.5. The number of hydrogen-bond acceptors (Lipinski definition) is 4. The number of carbonyl (C=O) groups is 1. The van der Waals surface area contributed by atoms with Crippen molar-refractivity contribution in [1.29, 1.82) is 0 Å². The van der Waals surface area contributed by atoms with E-state index in [1.165, 1.54) is 6.08 Å². The second-order valence-corrected chi connectivity index (χ2v) is 6.77. The summed E-state index contributed by atoms with van der Waals surface area (Å²) < 4.78 is 16.9. The van der Waals surface area contributed by atoms with Crippen LogP contribution >= 0.6 is 0 Å². The molecule has 1 aliphatic rings. The fourth-order valence-corrected chi connectivity index (χ4v) is 2.91. The molecule has 0 saturated carbocycles. The van der Waals surface area contributed by atoms with E-state index in [1.807, 2.05) is 37.3 Å². The number of carbonyl (C=O) groups excluding carboxylic acids is 1. The van der Waals surface area contributed by atoms with Crippen molar-refractivity contribution in [1.82, 2.24) is 5.32 Å². The van der Waals surface area contributed by atoms with Gasteiger partial charge in [0.15, 0.2) is 11.5 Å². The third-order valence-corrected chi connectivity index (χ3v) is 4.26. The zero-order chi connectivity index (χ0) is 18.5. The van der Waals surface area contributed by atoms with Crippen molar-refractivity contribution in [3.8, 4) is 11.5 Å². The van der Waals surface area contributed by atoms with Crippen molar-refractivity contribution >= 4 is 12.0 Å². The van der Waals surface area contributed by atoms with Gasteiger partial charge in [-0.2, -0.15) is 0 Å². The average Bonchev–Trinajstić information content (AvgIpc) is 2.89. The first kappa shape index (κ1) is 18.1. The molecule has 1 aromatic carbocycles. The summed E-state index contributed by atoms with van der Waals surface area (Å²) in [5.74, 6) is 3.04. The Morgan fingerprint density at radius 1 is 1.12 bits per heavy atom. The van der Waals surface area contributed by atoms with Crippen LogP contribution < -0.4 is 14.8 Å². The number of furan rings is 1. The zero-order valence-electron chi connectivity index (χ0n) is 15.5. The van der Waals surface area contributed by atoms with Crippen molar-refractivity contribution in [2.45, 2.75) is 33.2 Å². The summed E-state index contributed by atoms with van der Waals surface area (Å²) in [6.07, 6.45) is 4.04. The molecule has 1 unspecified atom stereocenters. The topological polar surface area (TPSA) is 60.7 Å². The normalized spacial score (nSPS) is 15.1. The van der Waals surface area contributed by atoms with E-state index in [0.717, 1.165) is 29.2 Å². The minimum absolute atomic E-state index is 0.123. The molecule has 5 nitrogen and oxygen atoms in total. The van der Waals surface area contributed by atoms with Gasteiger partial charge < -0.3 is 19.2 Å². The van der Waals surface area contributed by atoms with E-state index < -0.39 is 0 Å². The number of amides is 1. The van der Waals surface area contributed by atoms with Gasteiger partial charge in [0.05, 0.1) is 19.3 Å². The van der Waals surface area contributed by atoms with Crippen molar-refractivity contribution in [3.05, 3.63) is 53.5 Å². The molecular formula is C21H25NO4. The molecule has 0 saturated heterocycles. The smallest absolute Gasteiger partial charge is 0.244 e. The van der Waals surface area contributed by atoms with Gasteiger partial charge in [0, 0.05) is 12.5 Å². The number of aryl methyl sites for hydroxylation is 1. The van der Waals surface area contributed by atoms with Crippen LogP contribution in [-0.4, -0.2) is 19.1 Å². The largest absolute Gasteiger partial charge is 0.490 e. The van der Waals surface area contributed by atoms with E-state index in [0.29, 0.717) is 19.0 Å². The summed E-state index contributed by atoms with van der Waals surface area (Å²) in [5, 5.41) is 3.07. The van der Waals surface area contributed by atoms with Gasteiger partial charge in [-0.1, -0.05) is 19.9 Å². The summed E-state index contributed by atoms with van der Waals surface area (Å²) in [6, 6.07) is 9.44. The molecule has 1 aliphatic heterocycles. The fraction of sp³-hybridized carbons (Fsp3) is 0.381. The van der Waals surface area contributed by atoms with Gasteiger partial charge in [0.1, 0.15) is 11.5 Å². The maximum Gasteiger partial charge on any atom is 0.244 e. The van der Waals surface area contributed by atoms with Crippen LogP contribution in [0.1, 0.15) is 43.4 Å². The van der Waals surface area contributed by atoms with Crippen LogP contribution in [0, 0.1) is 12.8 Å². The number of hydrogen-bond donors (Lipinski definition) is 1. The SMILES string of the molecule is Cc1ccc(C=CC(=O)NC(c2ccc3c(c2)OCCCO3)C(C)C)o1. The predicted molar refractivity (Wildman–Crippen MR) is 100 cm³/mol. The van der Waals surface area contributed by atoms with Crippen LogP contribution in [0.25, 0.3) is 6.08 Å². The van der Waals surface area contributed by atoms with Crippen LogP contribution in [0.4, 0.5) is 0 Å². The third kappa shape index (κ3) is 4.48. The lowest BCUT2D eigenvalue weighted by atomic mass is 9.95. The Hall–Kier alpha value is -2.69. The molecule has 2 aromatic rings. The molecule has 0 fully saturated rings. The first-order chi connectivity index (χ1) is 12.5. The van der Waals surface area contributed by atoms with E-state index in [4.69, 9.17) is 13.9 Å². The molecule has 1 aromatic heterocycles. The second-order valence-electron chi connectivity index (χ2n) is 6.77. The third-order valence-electron chi connectivity index (χ3n) is 4.26. The van der Waals surface area contributed by atoms with Crippen LogP contribution in [0.2, 0.25) is 0 Å². The number of ether oxygens (including phenoxy) is 2. The molecule has 138 valence electrons. The van der Waals surface area contributed by atoms with Gasteiger partial charge in [-0.05, 0) is 48.7 Å². The molecule has 3 rings (SSSR count). The monoisotopic (exact) mass is 355 g/mol. The lowest BCUT2D eigenvalue weighted by Crippen LogP contribution is -2.30. The molecule has 0 bridgehead atoms. The number of nitrogens with one attached hydrogen (secondary N) is 1. The van der Waals surface area contributed by atoms with Gasteiger partial charge >= 0.3 is 0 Å². The highest BCUT2D eigenvalue weighted by molar-refractivity contribution is 5.91. The molecule has 1 amide bonds. The number of fused-ring (bicyclic) bond motifs is 1. The van der Waals surface area contributed by atoms with Gasteiger partial charge in [-0.25, -0.2) is 0 Å². The summed E-state index contributed by atoms with van der Waals surface area (Å²) in [5.41, 5.74) is 1.000. The molecule has 5 heteroatoms. The highest BCUT2D eigenvalue weighted by Gasteiger charge is 2.20. The van der Waals surface area contributed by atoms with Crippen molar-refractivity contribution in [2.24, 2.45) is 5.92 Å². The van der Waals surface area contributed by atoms with Gasteiger partial charge in [0.2, 0.25) is 5.91 Å².